The molecule has 1 aromatic carbocycles. The lowest BCUT2D eigenvalue weighted by molar-refractivity contribution is 0.0320. The van der Waals surface area contributed by atoms with Crippen molar-refractivity contribution in [3.05, 3.63) is 53.2 Å². The van der Waals surface area contributed by atoms with E-state index in [1.54, 1.807) is 6.07 Å². The molecule has 2 aromatic rings. The van der Waals surface area contributed by atoms with Crippen LogP contribution < -0.4 is 10.5 Å². The maximum absolute atomic E-state index is 5.98. The molecule has 1 fully saturated rings. The highest BCUT2D eigenvalue weighted by atomic mass is 16.5. The highest BCUT2D eigenvalue weighted by Crippen LogP contribution is 2.15. The standard InChI is InChI=1S/C20H26N4O2/c1-16-3-2-4-17(11-16)14-22-15-19-12-18(21)13-20(23-19)26-10-7-24-5-8-25-9-6-24/h2-4,11-14H,5-10,15H2,1H3,(H2,21,23). The van der Waals surface area contributed by atoms with Crippen molar-refractivity contribution in [3.63, 3.8) is 0 Å². The highest BCUT2D eigenvalue weighted by Gasteiger charge is 2.10. The Morgan fingerprint density at radius 1 is 1.27 bits per heavy atom. The number of nitrogen functional groups attached to an aromatic ring is 1. The number of pyridine rings is 1. The van der Waals surface area contributed by atoms with Crippen molar-refractivity contribution in [1.82, 2.24) is 9.88 Å². The number of hydrogen-bond acceptors (Lipinski definition) is 6. The molecule has 26 heavy (non-hydrogen) atoms. The van der Waals surface area contributed by atoms with E-state index < -0.39 is 0 Å². The van der Waals surface area contributed by atoms with E-state index in [1.807, 2.05) is 24.4 Å². The molecular formula is C20H26N4O2. The lowest BCUT2D eigenvalue weighted by atomic mass is 10.1. The van der Waals surface area contributed by atoms with E-state index in [2.05, 4.69) is 33.9 Å². The van der Waals surface area contributed by atoms with Gasteiger partial charge in [0.05, 0.1) is 25.5 Å². The van der Waals surface area contributed by atoms with Crippen LogP contribution in [-0.4, -0.2) is 55.6 Å². The molecule has 0 radical (unpaired) electrons. The van der Waals surface area contributed by atoms with Crippen molar-refractivity contribution in [3.8, 4) is 5.88 Å². The van der Waals surface area contributed by atoms with Crippen molar-refractivity contribution in [2.75, 3.05) is 45.2 Å². The van der Waals surface area contributed by atoms with Crippen molar-refractivity contribution in [2.45, 2.75) is 13.5 Å². The maximum atomic E-state index is 5.98. The normalized spacial score (nSPS) is 15.4. The molecule has 138 valence electrons. The summed E-state index contributed by atoms with van der Waals surface area (Å²) in [7, 11) is 0. The van der Waals surface area contributed by atoms with Gasteiger partial charge in [0, 0.05) is 37.6 Å². The second kappa shape index (κ2) is 9.31. The summed E-state index contributed by atoms with van der Waals surface area (Å²) in [5.74, 6) is 0.555. The monoisotopic (exact) mass is 354 g/mol. The molecule has 6 nitrogen and oxygen atoms in total. The Morgan fingerprint density at radius 3 is 2.92 bits per heavy atom. The Labute approximate surface area is 154 Å². The predicted molar refractivity (Wildman–Crippen MR) is 104 cm³/mol. The van der Waals surface area contributed by atoms with Gasteiger partial charge in [-0.3, -0.25) is 9.89 Å². The van der Waals surface area contributed by atoms with Gasteiger partial charge in [0.2, 0.25) is 5.88 Å². The van der Waals surface area contributed by atoms with Crippen LogP contribution in [0.5, 0.6) is 5.88 Å². The fourth-order valence-electron chi connectivity index (χ4n) is 2.84. The number of morpholine rings is 1. The second-order valence-electron chi connectivity index (χ2n) is 6.42. The number of nitrogens with zero attached hydrogens (tertiary/aromatic N) is 3. The van der Waals surface area contributed by atoms with Crippen LogP contribution in [0.25, 0.3) is 0 Å². The molecule has 1 aromatic heterocycles. The average Bonchev–Trinajstić information content (AvgIpc) is 2.62. The van der Waals surface area contributed by atoms with Crippen molar-refractivity contribution in [1.29, 1.82) is 0 Å². The summed E-state index contributed by atoms with van der Waals surface area (Å²) >= 11 is 0. The molecule has 0 spiro atoms. The van der Waals surface area contributed by atoms with Gasteiger partial charge in [0.1, 0.15) is 6.61 Å². The highest BCUT2D eigenvalue weighted by molar-refractivity contribution is 5.79. The summed E-state index contributed by atoms with van der Waals surface area (Å²) in [6, 6.07) is 11.8. The molecule has 2 N–H and O–H groups in total. The quantitative estimate of drug-likeness (QED) is 0.773. The first kappa shape index (κ1) is 18.4. The fourth-order valence-corrected chi connectivity index (χ4v) is 2.84. The molecule has 0 atom stereocenters. The molecule has 3 rings (SSSR count). The number of aryl methyl sites for hydroxylation is 1. The van der Waals surface area contributed by atoms with Crippen molar-refractivity contribution in [2.24, 2.45) is 4.99 Å². The molecule has 0 unspecified atom stereocenters. The summed E-state index contributed by atoms with van der Waals surface area (Å²) in [6.07, 6.45) is 1.86. The summed E-state index contributed by atoms with van der Waals surface area (Å²) in [4.78, 5) is 11.3. The molecule has 6 heteroatoms. The SMILES string of the molecule is Cc1cccc(C=NCc2cc(N)cc(OCCN3CCOCC3)n2)c1. The van der Waals surface area contributed by atoms with E-state index in [1.165, 1.54) is 5.56 Å². The fraction of sp³-hybridized carbons (Fsp3) is 0.400. The molecule has 0 saturated carbocycles. The Morgan fingerprint density at radius 2 is 2.12 bits per heavy atom. The first-order valence-electron chi connectivity index (χ1n) is 8.95. The van der Waals surface area contributed by atoms with Crippen LogP contribution in [0.2, 0.25) is 0 Å². The molecule has 1 saturated heterocycles. The van der Waals surface area contributed by atoms with Crippen LogP contribution in [0.15, 0.2) is 41.4 Å². The van der Waals surface area contributed by atoms with Crippen molar-refractivity contribution < 1.29 is 9.47 Å². The third-order valence-electron chi connectivity index (χ3n) is 4.17. The first-order valence-corrected chi connectivity index (χ1v) is 8.95. The number of nitrogens with two attached hydrogens (primary N) is 1. The Kier molecular flexibility index (Phi) is 6.57. The lowest BCUT2D eigenvalue weighted by Crippen LogP contribution is -2.38. The topological polar surface area (TPSA) is 73.0 Å². The molecule has 2 heterocycles. The lowest BCUT2D eigenvalue weighted by Gasteiger charge is -2.26. The largest absolute Gasteiger partial charge is 0.476 e. The van der Waals surface area contributed by atoms with Gasteiger partial charge in [-0.15, -0.1) is 0 Å². The summed E-state index contributed by atoms with van der Waals surface area (Å²) in [6.45, 7) is 7.47. The van der Waals surface area contributed by atoms with E-state index >= 15 is 0 Å². The van der Waals surface area contributed by atoms with E-state index in [0.717, 1.165) is 44.1 Å². The minimum atomic E-state index is 0.471. The number of benzene rings is 1. The maximum Gasteiger partial charge on any atom is 0.215 e. The van der Waals surface area contributed by atoms with Crippen LogP contribution in [0.3, 0.4) is 0 Å². The Bertz CT molecular complexity index is 742. The van der Waals surface area contributed by atoms with Crippen LogP contribution in [-0.2, 0) is 11.3 Å². The van der Waals surface area contributed by atoms with E-state index in [-0.39, 0.29) is 0 Å². The van der Waals surface area contributed by atoms with Crippen LogP contribution in [0.1, 0.15) is 16.8 Å². The van der Waals surface area contributed by atoms with Gasteiger partial charge in [-0.1, -0.05) is 29.8 Å². The number of rotatable bonds is 7. The number of ether oxygens (including phenoxy) is 2. The van der Waals surface area contributed by atoms with E-state index in [0.29, 0.717) is 24.7 Å². The summed E-state index contributed by atoms with van der Waals surface area (Å²) in [5.41, 5.74) is 9.71. The van der Waals surface area contributed by atoms with Crippen molar-refractivity contribution >= 4 is 11.9 Å². The number of anilines is 1. The average molecular weight is 354 g/mol. The van der Waals surface area contributed by atoms with Crippen LogP contribution >= 0.6 is 0 Å². The van der Waals surface area contributed by atoms with Crippen LogP contribution in [0, 0.1) is 6.92 Å². The van der Waals surface area contributed by atoms with E-state index in [4.69, 9.17) is 15.2 Å². The molecule has 1 aliphatic heterocycles. The minimum Gasteiger partial charge on any atom is -0.476 e. The first-order chi connectivity index (χ1) is 12.7. The molecule has 0 aliphatic carbocycles. The second-order valence-corrected chi connectivity index (χ2v) is 6.42. The Balaban J connectivity index is 1.53. The summed E-state index contributed by atoms with van der Waals surface area (Å²) in [5, 5.41) is 0. The zero-order chi connectivity index (χ0) is 18.2. The van der Waals surface area contributed by atoms with Gasteiger partial charge < -0.3 is 15.2 Å². The number of hydrogen-bond donors (Lipinski definition) is 1. The third-order valence-corrected chi connectivity index (χ3v) is 4.17. The smallest absolute Gasteiger partial charge is 0.215 e. The zero-order valence-electron chi connectivity index (χ0n) is 15.2. The Hall–Kier alpha value is -2.44. The molecule has 0 amide bonds. The van der Waals surface area contributed by atoms with Gasteiger partial charge >= 0.3 is 0 Å². The van der Waals surface area contributed by atoms with Gasteiger partial charge in [0.15, 0.2) is 0 Å². The van der Waals surface area contributed by atoms with Crippen LogP contribution in [0.4, 0.5) is 5.69 Å². The van der Waals surface area contributed by atoms with Gasteiger partial charge in [-0.05, 0) is 18.6 Å². The van der Waals surface area contributed by atoms with Gasteiger partial charge in [0.25, 0.3) is 0 Å². The minimum absolute atomic E-state index is 0.471. The van der Waals surface area contributed by atoms with E-state index in [9.17, 15) is 0 Å². The molecule has 1 aliphatic rings. The molecular weight excluding hydrogens is 328 g/mol. The predicted octanol–water partition coefficient (Wildman–Crippen LogP) is 2.30. The summed E-state index contributed by atoms with van der Waals surface area (Å²) < 4.78 is 11.1. The number of aliphatic imine (C=N–C) groups is 1. The third kappa shape index (κ3) is 5.82. The zero-order valence-corrected chi connectivity index (χ0v) is 15.2. The number of aromatic nitrogens is 1. The van der Waals surface area contributed by atoms with Gasteiger partial charge in [-0.25, -0.2) is 4.98 Å². The van der Waals surface area contributed by atoms with Gasteiger partial charge in [-0.2, -0.15) is 0 Å². The molecule has 0 bridgehead atoms.